The minimum Gasteiger partial charge on any atom is -0.373 e. The van der Waals surface area contributed by atoms with Gasteiger partial charge in [-0.25, -0.2) is 0 Å². The molecule has 0 spiro atoms. The Morgan fingerprint density at radius 3 is 2.91 bits per heavy atom. The molecule has 2 aromatic heterocycles. The van der Waals surface area contributed by atoms with Crippen LogP contribution in [0.2, 0.25) is 0 Å². The summed E-state index contributed by atoms with van der Waals surface area (Å²) in [5.74, 6) is 1.60. The quantitative estimate of drug-likeness (QED) is 0.849. The van der Waals surface area contributed by atoms with Gasteiger partial charge in [0.05, 0.1) is 18.4 Å². The summed E-state index contributed by atoms with van der Waals surface area (Å²) in [4.78, 5) is 6.72. The lowest BCUT2D eigenvalue weighted by molar-refractivity contribution is -0.0118. The summed E-state index contributed by atoms with van der Waals surface area (Å²) < 4.78 is 11.4. The molecule has 4 rings (SSSR count). The first-order valence-corrected chi connectivity index (χ1v) is 8.37. The smallest absolute Gasteiger partial charge is 0.138 e. The molecule has 2 fully saturated rings. The highest BCUT2D eigenvalue weighted by Crippen LogP contribution is 2.40. The van der Waals surface area contributed by atoms with E-state index in [2.05, 4.69) is 21.1 Å². The molecule has 2 aromatic rings. The summed E-state index contributed by atoms with van der Waals surface area (Å²) in [7, 11) is 0. The minimum absolute atomic E-state index is 0.390. The highest BCUT2D eigenvalue weighted by molar-refractivity contribution is 5.21. The monoisotopic (exact) mass is 313 g/mol. The van der Waals surface area contributed by atoms with Crippen molar-refractivity contribution in [2.24, 2.45) is 5.92 Å². The third-order valence-electron chi connectivity index (χ3n) is 5.32. The van der Waals surface area contributed by atoms with Gasteiger partial charge in [0.1, 0.15) is 5.76 Å². The van der Waals surface area contributed by atoms with Crippen molar-refractivity contribution in [3.8, 4) is 0 Å². The van der Waals surface area contributed by atoms with Crippen molar-refractivity contribution in [3.63, 3.8) is 0 Å². The van der Waals surface area contributed by atoms with Crippen molar-refractivity contribution in [2.45, 2.75) is 52.0 Å². The van der Waals surface area contributed by atoms with E-state index in [4.69, 9.17) is 9.26 Å². The van der Waals surface area contributed by atoms with E-state index in [1.807, 2.05) is 26.1 Å². The summed E-state index contributed by atoms with van der Waals surface area (Å²) in [5.41, 5.74) is 3.43. The highest BCUT2D eigenvalue weighted by Gasteiger charge is 2.45. The number of aryl methyl sites for hydroxylation is 2. The molecule has 0 radical (unpaired) electrons. The molecule has 2 bridgehead atoms. The molecule has 3 atom stereocenters. The summed E-state index contributed by atoms with van der Waals surface area (Å²) in [5, 5.41) is 4.07. The third kappa shape index (κ3) is 2.91. The molecule has 5 heteroatoms. The normalized spacial score (nSPS) is 27.0. The van der Waals surface area contributed by atoms with E-state index in [0.29, 0.717) is 24.7 Å². The van der Waals surface area contributed by atoms with Gasteiger partial charge in [0.25, 0.3) is 0 Å². The summed E-state index contributed by atoms with van der Waals surface area (Å²) >= 11 is 0. The van der Waals surface area contributed by atoms with Crippen LogP contribution in [0, 0.1) is 19.8 Å². The van der Waals surface area contributed by atoms with Gasteiger partial charge in [-0.3, -0.25) is 9.88 Å². The summed E-state index contributed by atoms with van der Waals surface area (Å²) in [6, 6.07) is 4.67. The maximum absolute atomic E-state index is 6.16. The standard InChI is InChI=1S/C18H23N3O2/c1-12-17(13(2)23-20-12)10-21-9-15-6-16(21)7-18(15)22-11-14-4-3-5-19-8-14/h3-5,8,15-16,18H,6-7,9-11H2,1-2H3. The molecule has 23 heavy (non-hydrogen) atoms. The van der Waals surface area contributed by atoms with Crippen LogP contribution in [0.1, 0.15) is 35.4 Å². The van der Waals surface area contributed by atoms with E-state index in [9.17, 15) is 0 Å². The second-order valence-electron chi connectivity index (χ2n) is 6.83. The molecule has 5 nitrogen and oxygen atoms in total. The molecule has 0 amide bonds. The number of piperidine rings is 1. The van der Waals surface area contributed by atoms with Crippen LogP contribution in [0.5, 0.6) is 0 Å². The number of hydrogen-bond donors (Lipinski definition) is 0. The number of pyridine rings is 1. The molecule has 3 heterocycles. The predicted octanol–water partition coefficient (Wildman–Crippen LogP) is 2.87. The van der Waals surface area contributed by atoms with Crippen molar-refractivity contribution in [3.05, 3.63) is 47.1 Å². The zero-order valence-corrected chi connectivity index (χ0v) is 13.7. The van der Waals surface area contributed by atoms with Gasteiger partial charge in [-0.1, -0.05) is 11.2 Å². The van der Waals surface area contributed by atoms with Crippen molar-refractivity contribution in [1.82, 2.24) is 15.0 Å². The van der Waals surface area contributed by atoms with E-state index in [-0.39, 0.29) is 0 Å². The Hall–Kier alpha value is -1.72. The van der Waals surface area contributed by atoms with E-state index in [1.165, 1.54) is 12.0 Å². The van der Waals surface area contributed by atoms with Crippen LogP contribution in [-0.2, 0) is 17.9 Å². The first kappa shape index (κ1) is 14.8. The van der Waals surface area contributed by atoms with Crippen LogP contribution in [-0.4, -0.2) is 33.7 Å². The minimum atomic E-state index is 0.390. The summed E-state index contributed by atoms with van der Waals surface area (Å²) in [6.45, 7) is 6.78. The van der Waals surface area contributed by atoms with Gasteiger partial charge in [0.15, 0.2) is 0 Å². The number of rotatable bonds is 5. The van der Waals surface area contributed by atoms with Crippen LogP contribution < -0.4 is 0 Å². The number of aromatic nitrogens is 2. The number of nitrogens with zero attached hydrogens (tertiary/aromatic N) is 3. The van der Waals surface area contributed by atoms with Crippen LogP contribution >= 0.6 is 0 Å². The van der Waals surface area contributed by atoms with Crippen LogP contribution in [0.3, 0.4) is 0 Å². The maximum Gasteiger partial charge on any atom is 0.138 e. The number of fused-ring (bicyclic) bond motifs is 2. The first-order valence-electron chi connectivity index (χ1n) is 8.37. The summed E-state index contributed by atoms with van der Waals surface area (Å²) in [6.07, 6.45) is 6.46. The zero-order chi connectivity index (χ0) is 15.8. The molecule has 0 aromatic carbocycles. The van der Waals surface area contributed by atoms with Gasteiger partial charge in [-0.05, 0) is 44.2 Å². The molecule has 1 saturated heterocycles. The zero-order valence-electron chi connectivity index (χ0n) is 13.7. The lowest BCUT2D eigenvalue weighted by atomic mass is 10.0. The van der Waals surface area contributed by atoms with E-state index < -0.39 is 0 Å². The Morgan fingerprint density at radius 1 is 1.35 bits per heavy atom. The topological polar surface area (TPSA) is 51.4 Å². The fraction of sp³-hybridized carbons (Fsp3) is 0.556. The Balaban J connectivity index is 1.33. The molecular weight excluding hydrogens is 290 g/mol. The number of likely N-dealkylation sites (tertiary alicyclic amines) is 1. The SMILES string of the molecule is Cc1noc(C)c1CN1CC2CC1CC2OCc1cccnc1. The number of hydrogen-bond acceptors (Lipinski definition) is 5. The van der Waals surface area contributed by atoms with Crippen molar-refractivity contribution in [2.75, 3.05) is 6.54 Å². The van der Waals surface area contributed by atoms with Gasteiger partial charge in [0, 0.05) is 37.1 Å². The van der Waals surface area contributed by atoms with Crippen molar-refractivity contribution in [1.29, 1.82) is 0 Å². The van der Waals surface area contributed by atoms with Crippen LogP contribution in [0.15, 0.2) is 29.0 Å². The van der Waals surface area contributed by atoms with Gasteiger partial charge in [-0.15, -0.1) is 0 Å². The molecule has 1 aliphatic heterocycles. The first-order chi connectivity index (χ1) is 11.2. The van der Waals surface area contributed by atoms with Gasteiger partial charge < -0.3 is 9.26 Å². The lowest BCUT2D eigenvalue weighted by Gasteiger charge is -2.31. The van der Waals surface area contributed by atoms with Crippen LogP contribution in [0.4, 0.5) is 0 Å². The average molecular weight is 313 g/mol. The number of ether oxygens (including phenoxy) is 1. The molecular formula is C18H23N3O2. The lowest BCUT2D eigenvalue weighted by Crippen LogP contribution is -2.38. The fourth-order valence-corrected chi connectivity index (χ4v) is 4.01. The molecule has 1 saturated carbocycles. The van der Waals surface area contributed by atoms with E-state index in [1.54, 1.807) is 6.20 Å². The largest absolute Gasteiger partial charge is 0.373 e. The predicted molar refractivity (Wildman–Crippen MR) is 85.7 cm³/mol. The van der Waals surface area contributed by atoms with Crippen molar-refractivity contribution >= 4 is 0 Å². The Morgan fingerprint density at radius 2 is 2.26 bits per heavy atom. The second-order valence-corrected chi connectivity index (χ2v) is 6.83. The Bertz CT molecular complexity index is 651. The van der Waals surface area contributed by atoms with E-state index in [0.717, 1.165) is 36.5 Å². The molecule has 0 N–H and O–H groups in total. The molecule has 2 aliphatic rings. The molecule has 1 aliphatic carbocycles. The van der Waals surface area contributed by atoms with Crippen molar-refractivity contribution < 1.29 is 9.26 Å². The maximum atomic E-state index is 6.16. The second kappa shape index (κ2) is 6.06. The van der Waals surface area contributed by atoms with Gasteiger partial charge in [-0.2, -0.15) is 0 Å². The fourth-order valence-electron chi connectivity index (χ4n) is 4.01. The Labute approximate surface area is 136 Å². The average Bonchev–Trinajstić information content (AvgIpc) is 3.24. The molecule has 122 valence electrons. The third-order valence-corrected chi connectivity index (χ3v) is 5.32. The van der Waals surface area contributed by atoms with Crippen LogP contribution in [0.25, 0.3) is 0 Å². The highest BCUT2D eigenvalue weighted by atomic mass is 16.5. The molecule has 3 unspecified atom stereocenters. The Kier molecular flexibility index (Phi) is 3.91. The van der Waals surface area contributed by atoms with Gasteiger partial charge in [0.2, 0.25) is 0 Å². The van der Waals surface area contributed by atoms with Gasteiger partial charge >= 0.3 is 0 Å². The van der Waals surface area contributed by atoms with E-state index >= 15 is 0 Å².